The molecule has 51 heavy (non-hydrogen) atoms. The molecule has 1 aliphatic carbocycles. The molecule has 1 heterocycles. The number of aromatic hydroxyl groups is 1. The zero-order valence-electron chi connectivity index (χ0n) is 28.2. The number of hydrogen-bond donors (Lipinski definition) is 7. The van der Waals surface area contributed by atoms with Gasteiger partial charge in [-0.3, -0.25) is 14.9 Å². The molecule has 8 N–H and O–H groups in total. The van der Waals surface area contributed by atoms with Crippen LogP contribution in [0, 0.1) is 0 Å². The fourth-order valence-electron chi connectivity index (χ4n) is 6.42. The Kier molecular flexibility index (Phi) is 11.4. The van der Waals surface area contributed by atoms with Gasteiger partial charge in [0, 0.05) is 48.3 Å². The maximum Gasteiger partial charge on any atom is 0.411 e. The van der Waals surface area contributed by atoms with E-state index < -0.39 is 12.2 Å². The van der Waals surface area contributed by atoms with Gasteiger partial charge in [0.05, 0.1) is 17.3 Å². The maximum absolute atomic E-state index is 12.9. The Morgan fingerprint density at radius 2 is 1.63 bits per heavy atom. The number of H-pyrrole nitrogens is 1. The number of anilines is 2. The largest absolute Gasteiger partial charge is 0.506 e. The van der Waals surface area contributed by atoms with Crippen LogP contribution in [-0.4, -0.2) is 45.9 Å². The summed E-state index contributed by atoms with van der Waals surface area (Å²) in [6.07, 6.45) is 2.39. The van der Waals surface area contributed by atoms with Crippen LogP contribution in [0.4, 0.5) is 16.2 Å². The number of phenols is 1. The molecule has 11 nitrogen and oxygen atoms in total. The summed E-state index contributed by atoms with van der Waals surface area (Å²) in [4.78, 5) is 40.1. The fraction of sp³-hybridized carbons (Fsp3) is 0.275. The highest BCUT2D eigenvalue weighted by Crippen LogP contribution is 2.31. The van der Waals surface area contributed by atoms with Crippen LogP contribution < -0.4 is 27.2 Å². The standard InChI is InChI=1S/C40H43N5O6/c41-28-10-14-30(15-11-28)51-40(50)44-34-22-25(8-16-31(34)27-4-2-1-3-5-27)9-20-37(48)43-29-12-6-26(7-13-29)23-42-24-36(47)32-17-19-35(46)39-33(32)18-21-38(49)45-39/h1-8,12-13,16-19,21-22,28,30,36,42,46-47H,9-11,14-15,20,23-24,41H2,(H,43,48)(H,44,50)(H,45,49)/t28?,30?,36-/m0/s1. The lowest BCUT2D eigenvalue weighted by molar-refractivity contribution is -0.116. The molecular formula is C40H43N5O6. The molecule has 11 heteroatoms. The summed E-state index contributed by atoms with van der Waals surface area (Å²) in [6, 6.07) is 29.3. The molecule has 0 radical (unpaired) electrons. The number of aryl methyl sites for hydroxylation is 1. The smallest absolute Gasteiger partial charge is 0.411 e. The maximum atomic E-state index is 12.9. The van der Waals surface area contributed by atoms with Crippen molar-refractivity contribution in [1.29, 1.82) is 0 Å². The third kappa shape index (κ3) is 9.40. The molecule has 2 amide bonds. The number of aromatic nitrogens is 1. The molecule has 1 aliphatic rings. The predicted molar refractivity (Wildman–Crippen MR) is 199 cm³/mol. The fourth-order valence-corrected chi connectivity index (χ4v) is 6.42. The minimum absolute atomic E-state index is 0.0574. The van der Waals surface area contributed by atoms with E-state index >= 15 is 0 Å². The number of pyridine rings is 1. The lowest BCUT2D eigenvalue weighted by Crippen LogP contribution is -2.32. The molecule has 1 fully saturated rings. The Balaban J connectivity index is 1.00. The molecular weight excluding hydrogens is 646 g/mol. The van der Waals surface area contributed by atoms with Gasteiger partial charge < -0.3 is 36.3 Å². The van der Waals surface area contributed by atoms with Crippen molar-refractivity contribution in [2.24, 2.45) is 5.73 Å². The average Bonchev–Trinajstić information content (AvgIpc) is 3.13. The lowest BCUT2D eigenvalue weighted by atomic mass is 9.94. The first kappa shape index (κ1) is 35.3. The highest BCUT2D eigenvalue weighted by Gasteiger charge is 2.22. The number of nitrogens with two attached hydrogens (primary N) is 1. The molecule has 1 aromatic heterocycles. The van der Waals surface area contributed by atoms with E-state index in [-0.39, 0.29) is 47.8 Å². The molecule has 1 saturated carbocycles. The zero-order valence-corrected chi connectivity index (χ0v) is 28.2. The van der Waals surface area contributed by atoms with Crippen LogP contribution in [0.2, 0.25) is 0 Å². The zero-order chi connectivity index (χ0) is 35.7. The number of rotatable bonds is 12. The summed E-state index contributed by atoms with van der Waals surface area (Å²) in [6.45, 7) is 0.730. The van der Waals surface area contributed by atoms with Crippen molar-refractivity contribution in [3.8, 4) is 16.9 Å². The first-order chi connectivity index (χ1) is 24.7. The topological polar surface area (TPSA) is 179 Å². The SMILES string of the molecule is NC1CCC(OC(=O)Nc2cc(CCC(=O)Nc3ccc(CNC[C@H](O)c4ccc(O)c5[nH]c(=O)ccc45)cc3)ccc2-c2ccccc2)CC1. The number of aliphatic hydroxyl groups excluding tert-OH is 1. The Morgan fingerprint density at radius 1 is 0.882 bits per heavy atom. The van der Waals surface area contributed by atoms with Gasteiger partial charge in [-0.2, -0.15) is 0 Å². The lowest BCUT2D eigenvalue weighted by Gasteiger charge is -2.26. The third-order valence-corrected chi connectivity index (χ3v) is 9.21. The van der Waals surface area contributed by atoms with Crippen LogP contribution in [0.5, 0.6) is 5.75 Å². The average molecular weight is 690 g/mol. The number of amides is 2. The molecule has 0 bridgehead atoms. The van der Waals surface area contributed by atoms with Gasteiger partial charge in [0.25, 0.3) is 0 Å². The van der Waals surface area contributed by atoms with Crippen molar-refractivity contribution in [2.75, 3.05) is 17.2 Å². The Labute approximate surface area is 295 Å². The summed E-state index contributed by atoms with van der Waals surface area (Å²) < 4.78 is 5.72. The highest BCUT2D eigenvalue weighted by atomic mass is 16.6. The van der Waals surface area contributed by atoms with Crippen LogP contribution in [0.3, 0.4) is 0 Å². The highest BCUT2D eigenvalue weighted by molar-refractivity contribution is 5.93. The van der Waals surface area contributed by atoms with E-state index in [0.717, 1.165) is 47.9 Å². The van der Waals surface area contributed by atoms with E-state index in [1.807, 2.05) is 72.8 Å². The molecule has 4 aromatic carbocycles. The van der Waals surface area contributed by atoms with Crippen LogP contribution in [0.1, 0.15) is 54.9 Å². The van der Waals surface area contributed by atoms with Crippen LogP contribution in [-0.2, 0) is 22.5 Å². The number of carbonyl (C=O) groups is 2. The number of hydrogen-bond acceptors (Lipinski definition) is 8. The molecule has 0 saturated heterocycles. The van der Waals surface area contributed by atoms with Gasteiger partial charge in [-0.05, 0) is 84.7 Å². The monoisotopic (exact) mass is 689 g/mol. The van der Waals surface area contributed by atoms with Crippen LogP contribution in [0.15, 0.2) is 102 Å². The predicted octanol–water partition coefficient (Wildman–Crippen LogP) is 6.11. The van der Waals surface area contributed by atoms with E-state index in [1.54, 1.807) is 12.1 Å². The summed E-state index contributed by atoms with van der Waals surface area (Å²) in [5.74, 6) is -0.193. The van der Waals surface area contributed by atoms with E-state index in [0.29, 0.717) is 35.3 Å². The molecule has 6 rings (SSSR count). The van der Waals surface area contributed by atoms with Crippen LogP contribution >= 0.6 is 0 Å². The van der Waals surface area contributed by atoms with Crippen molar-refractivity contribution in [3.05, 3.63) is 124 Å². The number of fused-ring (bicyclic) bond motifs is 1. The van der Waals surface area contributed by atoms with E-state index in [4.69, 9.17) is 10.5 Å². The number of nitrogens with one attached hydrogen (secondary N) is 4. The van der Waals surface area contributed by atoms with Gasteiger partial charge in [0.15, 0.2) is 0 Å². The van der Waals surface area contributed by atoms with E-state index in [9.17, 15) is 24.6 Å². The van der Waals surface area contributed by atoms with Gasteiger partial charge in [-0.15, -0.1) is 0 Å². The first-order valence-electron chi connectivity index (χ1n) is 17.3. The molecule has 264 valence electrons. The molecule has 0 spiro atoms. The second kappa shape index (κ2) is 16.5. The van der Waals surface area contributed by atoms with Gasteiger partial charge in [-0.1, -0.05) is 60.7 Å². The molecule has 1 atom stereocenters. The third-order valence-electron chi connectivity index (χ3n) is 9.21. The quantitative estimate of drug-likeness (QED) is 0.0820. The number of aliphatic hydroxyl groups is 1. The molecule has 0 unspecified atom stereocenters. The van der Waals surface area contributed by atoms with Crippen molar-refractivity contribution in [1.82, 2.24) is 10.3 Å². The summed E-state index contributed by atoms with van der Waals surface area (Å²) in [7, 11) is 0. The van der Waals surface area contributed by atoms with Gasteiger partial charge >= 0.3 is 6.09 Å². The van der Waals surface area contributed by atoms with E-state index in [1.165, 1.54) is 12.1 Å². The summed E-state index contributed by atoms with van der Waals surface area (Å²) in [5, 5.41) is 30.6. The summed E-state index contributed by atoms with van der Waals surface area (Å²) in [5.41, 5.74) is 11.5. The van der Waals surface area contributed by atoms with Gasteiger partial charge in [-0.25, -0.2) is 4.79 Å². The van der Waals surface area contributed by atoms with Crippen LogP contribution in [0.25, 0.3) is 22.0 Å². The molecule has 5 aromatic rings. The van der Waals surface area contributed by atoms with Gasteiger partial charge in [0.1, 0.15) is 11.9 Å². The van der Waals surface area contributed by atoms with Crippen molar-refractivity contribution in [2.45, 2.75) is 63.3 Å². The van der Waals surface area contributed by atoms with E-state index in [2.05, 4.69) is 20.9 Å². The second-order valence-electron chi connectivity index (χ2n) is 13.0. The number of carbonyl (C=O) groups excluding carboxylic acids is 2. The Morgan fingerprint density at radius 3 is 2.39 bits per heavy atom. The minimum atomic E-state index is -0.866. The van der Waals surface area contributed by atoms with Crippen molar-refractivity contribution < 1.29 is 24.5 Å². The molecule has 0 aliphatic heterocycles. The van der Waals surface area contributed by atoms with Gasteiger partial charge in [0.2, 0.25) is 11.5 Å². The first-order valence-corrected chi connectivity index (χ1v) is 17.3. The van der Waals surface area contributed by atoms with Crippen molar-refractivity contribution >= 4 is 34.3 Å². The summed E-state index contributed by atoms with van der Waals surface area (Å²) >= 11 is 0. The minimum Gasteiger partial charge on any atom is -0.506 e. The Bertz CT molecular complexity index is 2020. The number of phenolic OH excluding ortho intramolecular Hbond substituents is 1. The number of benzene rings is 4. The number of ether oxygens (including phenoxy) is 1. The van der Waals surface area contributed by atoms with Crippen molar-refractivity contribution in [3.63, 3.8) is 0 Å². The number of aromatic amines is 1. The Hall–Kier alpha value is -5.49. The second-order valence-corrected chi connectivity index (χ2v) is 13.0. The normalized spacial score (nSPS) is 16.4.